The summed E-state index contributed by atoms with van der Waals surface area (Å²) < 4.78 is 60.5. The SMILES string of the molecule is CCCCCc1cc(F)ccc1NS(=O)(=O)C1CCC2(C=C1C(=O)OCC)OC(C(O)CO)C(C(O)CO)O2. The van der Waals surface area contributed by atoms with Crippen molar-refractivity contribution in [1.29, 1.82) is 0 Å². The van der Waals surface area contributed by atoms with Crippen LogP contribution in [0.3, 0.4) is 0 Å². The number of esters is 1. The number of sulfonamides is 1. The number of ether oxygens (including phenoxy) is 3. The Balaban J connectivity index is 1.96. The van der Waals surface area contributed by atoms with Gasteiger partial charge in [0.2, 0.25) is 10.0 Å². The zero-order valence-electron chi connectivity index (χ0n) is 22.1. The summed E-state index contributed by atoms with van der Waals surface area (Å²) in [7, 11) is -4.26. The number of aliphatic hydroxyl groups is 4. The van der Waals surface area contributed by atoms with Crippen molar-refractivity contribution in [1.82, 2.24) is 0 Å². The van der Waals surface area contributed by atoms with E-state index in [4.69, 9.17) is 14.2 Å². The second-order valence-corrected chi connectivity index (χ2v) is 11.6. The number of benzene rings is 1. The highest BCUT2D eigenvalue weighted by molar-refractivity contribution is 7.93. The maximum absolute atomic E-state index is 14.0. The van der Waals surface area contributed by atoms with E-state index in [-0.39, 0.29) is 30.7 Å². The Morgan fingerprint density at radius 2 is 1.79 bits per heavy atom. The average Bonchev–Trinajstić information content (AvgIpc) is 3.27. The number of hydrogen-bond donors (Lipinski definition) is 5. The number of carbonyl (C=O) groups excluding carboxylic acids is 1. The number of halogens is 1. The van der Waals surface area contributed by atoms with Crippen LogP contribution in [-0.4, -0.2) is 90.1 Å². The number of hydrogen-bond acceptors (Lipinski definition) is 10. The monoisotopic (exact) mass is 575 g/mol. The lowest BCUT2D eigenvalue weighted by molar-refractivity contribution is -0.164. The van der Waals surface area contributed by atoms with E-state index in [0.29, 0.717) is 12.0 Å². The van der Waals surface area contributed by atoms with Crippen LogP contribution >= 0.6 is 0 Å². The zero-order chi connectivity index (χ0) is 28.8. The predicted molar refractivity (Wildman–Crippen MR) is 139 cm³/mol. The number of nitrogens with one attached hydrogen (secondary N) is 1. The second-order valence-electron chi connectivity index (χ2n) is 9.73. The average molecular weight is 576 g/mol. The highest BCUT2D eigenvalue weighted by Gasteiger charge is 2.55. The topological polar surface area (TPSA) is 172 Å². The molecule has 0 radical (unpaired) electrons. The first kappa shape index (κ1) is 31.4. The third-order valence-corrected chi connectivity index (χ3v) is 8.60. The van der Waals surface area contributed by atoms with E-state index in [2.05, 4.69) is 4.72 Å². The number of aryl methyl sites for hydroxylation is 1. The van der Waals surface area contributed by atoms with Gasteiger partial charge in [0, 0.05) is 6.42 Å². The molecule has 1 saturated heterocycles. The molecular weight excluding hydrogens is 537 g/mol. The first-order chi connectivity index (χ1) is 18.5. The second kappa shape index (κ2) is 13.5. The molecule has 1 aromatic carbocycles. The fourth-order valence-electron chi connectivity index (χ4n) is 4.89. The Bertz CT molecular complexity index is 1110. The summed E-state index contributed by atoms with van der Waals surface area (Å²) in [6, 6.07) is 3.78. The molecule has 1 spiro atoms. The van der Waals surface area contributed by atoms with E-state index >= 15 is 0 Å². The van der Waals surface area contributed by atoms with Crippen molar-refractivity contribution in [2.24, 2.45) is 0 Å². The molecule has 0 saturated carbocycles. The van der Waals surface area contributed by atoms with Gasteiger partial charge in [0.05, 0.1) is 31.1 Å². The van der Waals surface area contributed by atoms with Crippen LogP contribution in [0.25, 0.3) is 0 Å². The molecule has 1 heterocycles. The molecule has 2 aliphatic rings. The third kappa shape index (κ3) is 7.34. The molecule has 1 fully saturated rings. The molecule has 220 valence electrons. The summed E-state index contributed by atoms with van der Waals surface area (Å²) in [5.74, 6) is -3.14. The van der Waals surface area contributed by atoms with Crippen LogP contribution in [0.15, 0.2) is 29.8 Å². The van der Waals surface area contributed by atoms with Crippen LogP contribution < -0.4 is 4.72 Å². The molecule has 39 heavy (non-hydrogen) atoms. The Labute approximate surface area is 227 Å². The normalized spacial score (nSPS) is 26.7. The van der Waals surface area contributed by atoms with Crippen LogP contribution in [-0.2, 0) is 35.4 Å². The van der Waals surface area contributed by atoms with E-state index in [1.807, 2.05) is 6.92 Å². The van der Waals surface area contributed by atoms with Crippen LogP contribution in [0, 0.1) is 5.82 Å². The molecule has 3 rings (SSSR count). The minimum atomic E-state index is -4.26. The van der Waals surface area contributed by atoms with Gasteiger partial charge in [0.15, 0.2) is 5.79 Å². The molecule has 0 amide bonds. The van der Waals surface area contributed by atoms with Gasteiger partial charge in [0.1, 0.15) is 35.5 Å². The van der Waals surface area contributed by atoms with Crippen LogP contribution in [0.1, 0.15) is 51.5 Å². The van der Waals surface area contributed by atoms with Gasteiger partial charge in [-0.05, 0) is 56.0 Å². The van der Waals surface area contributed by atoms with Gasteiger partial charge in [-0.15, -0.1) is 0 Å². The quantitative estimate of drug-likeness (QED) is 0.170. The molecule has 0 bridgehead atoms. The summed E-state index contributed by atoms with van der Waals surface area (Å²) in [5.41, 5.74) is 0.424. The summed E-state index contributed by atoms with van der Waals surface area (Å²) >= 11 is 0. The zero-order valence-corrected chi connectivity index (χ0v) is 22.9. The highest BCUT2D eigenvalue weighted by Crippen LogP contribution is 2.43. The molecule has 5 unspecified atom stereocenters. The van der Waals surface area contributed by atoms with E-state index in [1.165, 1.54) is 12.1 Å². The van der Waals surface area contributed by atoms with Crippen LogP contribution in [0.5, 0.6) is 0 Å². The Morgan fingerprint density at radius 3 is 2.36 bits per heavy atom. The van der Waals surface area contributed by atoms with Gasteiger partial charge in [0.25, 0.3) is 0 Å². The molecule has 13 heteroatoms. The molecule has 1 aliphatic carbocycles. The van der Waals surface area contributed by atoms with Crippen LogP contribution in [0.4, 0.5) is 10.1 Å². The van der Waals surface area contributed by atoms with Gasteiger partial charge < -0.3 is 34.6 Å². The van der Waals surface area contributed by atoms with Gasteiger partial charge >= 0.3 is 5.97 Å². The van der Waals surface area contributed by atoms with Crippen molar-refractivity contribution < 1.29 is 52.2 Å². The number of carbonyl (C=O) groups is 1. The third-order valence-electron chi connectivity index (χ3n) is 6.86. The van der Waals surface area contributed by atoms with Gasteiger partial charge in [-0.2, -0.15) is 0 Å². The number of anilines is 1. The summed E-state index contributed by atoms with van der Waals surface area (Å²) in [5, 5.41) is 37.9. The van der Waals surface area contributed by atoms with E-state index in [1.54, 1.807) is 6.92 Å². The lowest BCUT2D eigenvalue weighted by Gasteiger charge is -2.34. The molecule has 5 N–H and O–H groups in total. The van der Waals surface area contributed by atoms with E-state index in [9.17, 15) is 38.0 Å². The first-order valence-corrected chi connectivity index (χ1v) is 14.7. The number of unbranched alkanes of at least 4 members (excludes halogenated alkanes) is 2. The summed E-state index contributed by atoms with van der Waals surface area (Å²) in [6.07, 6.45) is -1.59. The highest BCUT2D eigenvalue weighted by atomic mass is 32.2. The van der Waals surface area contributed by atoms with Crippen molar-refractivity contribution in [3.05, 3.63) is 41.2 Å². The van der Waals surface area contributed by atoms with E-state index in [0.717, 1.165) is 31.4 Å². The van der Waals surface area contributed by atoms with Gasteiger partial charge in [-0.25, -0.2) is 17.6 Å². The Hall–Kier alpha value is -2.13. The molecule has 11 nitrogen and oxygen atoms in total. The molecule has 0 aromatic heterocycles. The number of rotatable bonds is 13. The lowest BCUT2D eigenvalue weighted by Crippen LogP contribution is -2.45. The van der Waals surface area contributed by atoms with Crippen molar-refractivity contribution >= 4 is 21.7 Å². The molecule has 1 aromatic rings. The minimum absolute atomic E-state index is 0.0394. The molecule has 1 aliphatic heterocycles. The fraction of sp³-hybridized carbons (Fsp3) is 0.654. The largest absolute Gasteiger partial charge is 0.463 e. The van der Waals surface area contributed by atoms with Crippen molar-refractivity contribution in [2.75, 3.05) is 24.5 Å². The lowest BCUT2D eigenvalue weighted by atomic mass is 9.94. The van der Waals surface area contributed by atoms with E-state index < -0.39 is 70.5 Å². The Morgan fingerprint density at radius 1 is 1.15 bits per heavy atom. The standard InChI is InChI=1S/C26H38FNO10S/c1-3-5-6-7-16-12-17(27)8-9-19(16)28-39(34,35)22-10-11-26(13-18(22)25(33)36-4-2)37-23(20(31)14-29)24(38-26)21(32)15-30/h8-9,12-13,20-24,28-32H,3-7,10-11,14-15H2,1-2H3. The number of aliphatic hydroxyl groups excluding tert-OH is 4. The predicted octanol–water partition coefficient (Wildman–Crippen LogP) is 1.14. The fourth-order valence-corrected chi connectivity index (χ4v) is 6.46. The van der Waals surface area contributed by atoms with Crippen molar-refractivity contribution in [3.8, 4) is 0 Å². The molecule has 5 atom stereocenters. The Kier molecular flexibility index (Phi) is 10.9. The summed E-state index contributed by atoms with van der Waals surface area (Å²) in [6.45, 7) is 2.08. The minimum Gasteiger partial charge on any atom is -0.463 e. The van der Waals surface area contributed by atoms with Gasteiger partial charge in [-0.3, -0.25) is 4.72 Å². The molecular formula is C26H38FNO10S. The maximum atomic E-state index is 14.0. The smallest absolute Gasteiger partial charge is 0.335 e. The van der Waals surface area contributed by atoms with Crippen molar-refractivity contribution in [2.45, 2.75) is 87.8 Å². The first-order valence-electron chi connectivity index (χ1n) is 13.1. The van der Waals surface area contributed by atoms with Crippen molar-refractivity contribution in [3.63, 3.8) is 0 Å². The van der Waals surface area contributed by atoms with Gasteiger partial charge in [-0.1, -0.05) is 19.8 Å². The van der Waals surface area contributed by atoms with Crippen LogP contribution in [0.2, 0.25) is 0 Å². The summed E-state index contributed by atoms with van der Waals surface area (Å²) in [4.78, 5) is 13.0. The maximum Gasteiger partial charge on any atom is 0.335 e.